The van der Waals surface area contributed by atoms with Gasteiger partial charge in [-0.25, -0.2) is 18.1 Å². The van der Waals surface area contributed by atoms with Crippen LogP contribution in [0.15, 0.2) is 35.6 Å². The first-order valence-corrected chi connectivity index (χ1v) is 6.60. The largest absolute Gasteiger partial charge is 0.244 e. The van der Waals surface area contributed by atoms with Gasteiger partial charge in [-0.05, 0) is 6.07 Å². The summed E-state index contributed by atoms with van der Waals surface area (Å²) in [5.74, 6) is 0. The molecular formula is C9H8ClN3O2S. The minimum absolute atomic E-state index is 0.167. The summed E-state index contributed by atoms with van der Waals surface area (Å²) in [6, 6.07) is 3.28. The smallest absolute Gasteiger partial charge is 0.178 e. The maximum atomic E-state index is 11.3. The lowest BCUT2D eigenvalue weighted by atomic mass is 10.4. The number of halogens is 1. The van der Waals surface area contributed by atoms with Gasteiger partial charge in [-0.3, -0.25) is 0 Å². The van der Waals surface area contributed by atoms with Crippen LogP contribution in [-0.2, 0) is 9.84 Å². The number of sulfone groups is 1. The summed E-state index contributed by atoms with van der Waals surface area (Å²) in [7, 11) is -3.23. The number of rotatable bonds is 2. The highest BCUT2D eigenvalue weighted by Crippen LogP contribution is 2.14. The SMILES string of the molecule is CS(=O)(=O)c1cnn(-c2ccnc(Cl)c2)c1. The second-order valence-corrected chi connectivity index (χ2v) is 5.63. The van der Waals surface area contributed by atoms with Crippen molar-refractivity contribution in [3.05, 3.63) is 35.9 Å². The topological polar surface area (TPSA) is 64.8 Å². The number of hydrogen-bond donors (Lipinski definition) is 0. The molecule has 2 aromatic rings. The van der Waals surface area contributed by atoms with Crippen LogP contribution in [0.1, 0.15) is 0 Å². The predicted octanol–water partition coefficient (Wildman–Crippen LogP) is 1.32. The molecule has 0 radical (unpaired) electrons. The molecule has 0 atom stereocenters. The number of nitrogens with zero attached hydrogens (tertiary/aromatic N) is 3. The second kappa shape index (κ2) is 3.88. The van der Waals surface area contributed by atoms with Crippen molar-refractivity contribution in [2.75, 3.05) is 6.26 Å². The Morgan fingerprint density at radius 1 is 1.44 bits per heavy atom. The van der Waals surface area contributed by atoms with E-state index in [2.05, 4.69) is 10.1 Å². The zero-order chi connectivity index (χ0) is 11.8. The van der Waals surface area contributed by atoms with Gasteiger partial charge in [-0.1, -0.05) is 11.6 Å². The fourth-order valence-corrected chi connectivity index (χ4v) is 1.87. The van der Waals surface area contributed by atoms with Crippen molar-refractivity contribution in [2.24, 2.45) is 0 Å². The van der Waals surface area contributed by atoms with Crippen LogP contribution < -0.4 is 0 Å². The molecule has 2 rings (SSSR count). The highest BCUT2D eigenvalue weighted by molar-refractivity contribution is 7.90. The van der Waals surface area contributed by atoms with E-state index in [0.29, 0.717) is 10.8 Å². The lowest BCUT2D eigenvalue weighted by Crippen LogP contribution is -1.96. The summed E-state index contributed by atoms with van der Waals surface area (Å²) in [6.45, 7) is 0. The first-order valence-electron chi connectivity index (χ1n) is 4.33. The van der Waals surface area contributed by atoms with E-state index < -0.39 is 9.84 Å². The van der Waals surface area contributed by atoms with Gasteiger partial charge in [0.05, 0.1) is 11.9 Å². The van der Waals surface area contributed by atoms with Crippen LogP contribution in [0, 0.1) is 0 Å². The molecule has 0 aliphatic heterocycles. The molecule has 0 saturated carbocycles. The zero-order valence-electron chi connectivity index (χ0n) is 8.33. The lowest BCUT2D eigenvalue weighted by molar-refractivity contribution is 0.602. The van der Waals surface area contributed by atoms with Gasteiger partial charge in [-0.15, -0.1) is 0 Å². The molecule has 16 heavy (non-hydrogen) atoms. The highest BCUT2D eigenvalue weighted by Gasteiger charge is 2.10. The summed E-state index contributed by atoms with van der Waals surface area (Å²) < 4.78 is 23.9. The van der Waals surface area contributed by atoms with E-state index in [1.165, 1.54) is 23.3 Å². The molecule has 0 spiro atoms. The van der Waals surface area contributed by atoms with Gasteiger partial charge in [0, 0.05) is 24.7 Å². The summed E-state index contributed by atoms with van der Waals surface area (Å²) in [6.07, 6.45) is 5.39. The monoisotopic (exact) mass is 257 g/mol. The van der Waals surface area contributed by atoms with E-state index in [1.807, 2.05) is 0 Å². The maximum Gasteiger partial charge on any atom is 0.178 e. The van der Waals surface area contributed by atoms with Gasteiger partial charge in [0.15, 0.2) is 9.84 Å². The summed E-state index contributed by atoms with van der Waals surface area (Å²) in [4.78, 5) is 3.99. The van der Waals surface area contributed by atoms with Crippen LogP contribution in [0.4, 0.5) is 0 Å². The Balaban J connectivity index is 2.47. The molecule has 0 aromatic carbocycles. The first kappa shape index (κ1) is 11.1. The van der Waals surface area contributed by atoms with Crippen LogP contribution in [-0.4, -0.2) is 29.4 Å². The zero-order valence-corrected chi connectivity index (χ0v) is 9.90. The fourth-order valence-electron chi connectivity index (χ4n) is 1.17. The Morgan fingerprint density at radius 2 is 2.19 bits per heavy atom. The normalized spacial score (nSPS) is 11.6. The van der Waals surface area contributed by atoms with Crippen LogP contribution in [0.5, 0.6) is 0 Å². The molecule has 0 bridgehead atoms. The molecule has 7 heteroatoms. The Kier molecular flexibility index (Phi) is 2.69. The highest BCUT2D eigenvalue weighted by atomic mass is 35.5. The Hall–Kier alpha value is -1.40. The Bertz CT molecular complexity index is 621. The van der Waals surface area contributed by atoms with Crippen LogP contribution >= 0.6 is 11.6 Å². The average Bonchev–Trinajstić information content (AvgIpc) is 2.65. The minimum atomic E-state index is -3.23. The molecule has 0 amide bonds. The van der Waals surface area contributed by atoms with E-state index >= 15 is 0 Å². The number of hydrogen-bond acceptors (Lipinski definition) is 4. The van der Waals surface area contributed by atoms with Crippen LogP contribution in [0.3, 0.4) is 0 Å². The van der Waals surface area contributed by atoms with Gasteiger partial charge in [-0.2, -0.15) is 5.10 Å². The summed E-state index contributed by atoms with van der Waals surface area (Å²) in [5.41, 5.74) is 0.662. The van der Waals surface area contributed by atoms with Crippen molar-refractivity contribution in [1.29, 1.82) is 0 Å². The van der Waals surface area contributed by atoms with Gasteiger partial charge in [0.25, 0.3) is 0 Å². The third kappa shape index (κ3) is 2.23. The minimum Gasteiger partial charge on any atom is -0.244 e. The third-order valence-corrected chi connectivity index (χ3v) is 3.24. The van der Waals surface area contributed by atoms with Gasteiger partial charge in [0.1, 0.15) is 10.0 Å². The predicted molar refractivity (Wildman–Crippen MR) is 59.5 cm³/mol. The average molecular weight is 258 g/mol. The number of aromatic nitrogens is 3. The van der Waals surface area contributed by atoms with Crippen molar-refractivity contribution in [2.45, 2.75) is 4.90 Å². The number of pyridine rings is 1. The van der Waals surface area contributed by atoms with E-state index in [0.717, 1.165) is 6.26 Å². The van der Waals surface area contributed by atoms with Gasteiger partial charge in [0.2, 0.25) is 0 Å². The molecule has 84 valence electrons. The van der Waals surface area contributed by atoms with E-state index in [4.69, 9.17) is 11.6 Å². The third-order valence-electron chi connectivity index (χ3n) is 1.96. The molecule has 0 N–H and O–H groups in total. The van der Waals surface area contributed by atoms with E-state index in [-0.39, 0.29) is 4.90 Å². The molecule has 5 nitrogen and oxygen atoms in total. The second-order valence-electron chi connectivity index (χ2n) is 3.23. The standard InChI is InChI=1S/C9H8ClN3O2S/c1-16(14,15)8-5-12-13(6-8)7-2-3-11-9(10)4-7/h2-6H,1H3. The molecule has 0 aliphatic carbocycles. The maximum absolute atomic E-state index is 11.3. The van der Waals surface area contributed by atoms with Crippen LogP contribution in [0.25, 0.3) is 5.69 Å². The molecule has 0 saturated heterocycles. The molecule has 0 fully saturated rings. The molecular weight excluding hydrogens is 250 g/mol. The summed E-state index contributed by atoms with van der Waals surface area (Å²) >= 11 is 5.72. The van der Waals surface area contributed by atoms with Crippen molar-refractivity contribution in [3.8, 4) is 5.69 Å². The van der Waals surface area contributed by atoms with Crippen molar-refractivity contribution < 1.29 is 8.42 Å². The van der Waals surface area contributed by atoms with Crippen molar-refractivity contribution >= 4 is 21.4 Å². The van der Waals surface area contributed by atoms with E-state index in [9.17, 15) is 8.42 Å². The first-order chi connectivity index (χ1) is 7.47. The quantitative estimate of drug-likeness (QED) is 0.762. The van der Waals surface area contributed by atoms with E-state index in [1.54, 1.807) is 12.1 Å². The van der Waals surface area contributed by atoms with Crippen molar-refractivity contribution in [1.82, 2.24) is 14.8 Å². The fraction of sp³-hybridized carbons (Fsp3) is 0.111. The molecule has 0 unspecified atom stereocenters. The van der Waals surface area contributed by atoms with Gasteiger partial charge >= 0.3 is 0 Å². The van der Waals surface area contributed by atoms with Crippen molar-refractivity contribution in [3.63, 3.8) is 0 Å². The molecule has 2 aromatic heterocycles. The van der Waals surface area contributed by atoms with Crippen LogP contribution in [0.2, 0.25) is 5.15 Å². The Morgan fingerprint density at radius 3 is 2.75 bits per heavy atom. The van der Waals surface area contributed by atoms with Gasteiger partial charge < -0.3 is 0 Å². The lowest BCUT2D eigenvalue weighted by Gasteiger charge is -1.99. The molecule has 0 aliphatic rings. The summed E-state index contributed by atoms with van der Waals surface area (Å²) in [5, 5.41) is 4.27. The Labute approximate surface area is 97.6 Å². The molecule has 2 heterocycles.